The van der Waals surface area contributed by atoms with Crippen molar-refractivity contribution in [3.05, 3.63) is 64.7 Å². The number of hydrogen-bond donors (Lipinski definition) is 2. The van der Waals surface area contributed by atoms with Gasteiger partial charge in [-0.05, 0) is 17.7 Å². The van der Waals surface area contributed by atoms with Crippen molar-refractivity contribution in [1.82, 2.24) is 5.32 Å². The maximum Gasteiger partial charge on any atom is 0.123 e. The number of ether oxygens (including phenoxy) is 1. The van der Waals surface area contributed by atoms with Gasteiger partial charge < -0.3 is 15.2 Å². The van der Waals surface area contributed by atoms with E-state index in [0.717, 1.165) is 21.9 Å². The summed E-state index contributed by atoms with van der Waals surface area (Å²) >= 11 is 6.11. The van der Waals surface area contributed by atoms with E-state index in [4.69, 9.17) is 21.4 Å². The summed E-state index contributed by atoms with van der Waals surface area (Å²) in [5.41, 5.74) is 2.14. The summed E-state index contributed by atoms with van der Waals surface area (Å²) in [6, 6.07) is 15.6. The summed E-state index contributed by atoms with van der Waals surface area (Å²) in [6.45, 7) is 1.71. The Kier molecular flexibility index (Phi) is 5.87. The van der Waals surface area contributed by atoms with Crippen LogP contribution in [0.2, 0.25) is 5.02 Å². The number of nitrogens with one attached hydrogen (secondary N) is 1. The molecule has 2 N–H and O–H groups in total. The molecule has 0 aliphatic carbocycles. The lowest BCUT2D eigenvalue weighted by Crippen LogP contribution is -2.14. The van der Waals surface area contributed by atoms with E-state index in [1.807, 2.05) is 48.5 Å². The van der Waals surface area contributed by atoms with Gasteiger partial charge in [-0.15, -0.1) is 0 Å². The van der Waals surface area contributed by atoms with Gasteiger partial charge in [0, 0.05) is 23.7 Å². The Balaban J connectivity index is 1.92. The molecule has 0 spiro atoms. The van der Waals surface area contributed by atoms with Gasteiger partial charge in [-0.25, -0.2) is 0 Å². The van der Waals surface area contributed by atoms with Crippen LogP contribution >= 0.6 is 11.6 Å². The molecule has 0 amide bonds. The van der Waals surface area contributed by atoms with Crippen LogP contribution in [0.3, 0.4) is 0 Å². The van der Waals surface area contributed by atoms with Crippen LogP contribution in [-0.4, -0.2) is 18.3 Å². The summed E-state index contributed by atoms with van der Waals surface area (Å²) in [6.07, 6.45) is 0. The zero-order chi connectivity index (χ0) is 14.2. The second kappa shape index (κ2) is 7.90. The lowest BCUT2D eigenvalue weighted by Gasteiger charge is -2.12. The molecule has 106 valence electrons. The number of benzene rings is 2. The van der Waals surface area contributed by atoms with Gasteiger partial charge in [0.25, 0.3) is 0 Å². The van der Waals surface area contributed by atoms with Crippen LogP contribution in [0, 0.1) is 0 Å². The molecule has 2 rings (SSSR count). The minimum absolute atomic E-state index is 0.0153. The molecule has 0 aromatic heterocycles. The van der Waals surface area contributed by atoms with Crippen LogP contribution in [0.15, 0.2) is 48.5 Å². The lowest BCUT2D eigenvalue weighted by atomic mass is 10.2. The highest BCUT2D eigenvalue weighted by Crippen LogP contribution is 2.18. The smallest absolute Gasteiger partial charge is 0.123 e. The first-order chi connectivity index (χ1) is 9.81. The fraction of sp³-hybridized carbons (Fsp3) is 0.250. The Hall–Kier alpha value is -1.55. The van der Waals surface area contributed by atoms with Crippen LogP contribution in [0.25, 0.3) is 0 Å². The van der Waals surface area contributed by atoms with E-state index in [0.29, 0.717) is 19.7 Å². The normalized spacial score (nSPS) is 10.5. The third kappa shape index (κ3) is 4.23. The van der Waals surface area contributed by atoms with E-state index >= 15 is 0 Å². The number of aliphatic hydroxyl groups excluding tert-OH is 1. The van der Waals surface area contributed by atoms with Gasteiger partial charge in [-0.2, -0.15) is 0 Å². The van der Waals surface area contributed by atoms with Crippen LogP contribution in [0.5, 0.6) is 5.75 Å². The topological polar surface area (TPSA) is 41.5 Å². The first kappa shape index (κ1) is 14.9. The first-order valence-electron chi connectivity index (χ1n) is 6.57. The molecule has 0 bridgehead atoms. The van der Waals surface area contributed by atoms with E-state index < -0.39 is 0 Å². The maximum atomic E-state index is 8.82. The highest BCUT2D eigenvalue weighted by atomic mass is 35.5. The monoisotopic (exact) mass is 291 g/mol. The fourth-order valence-corrected chi connectivity index (χ4v) is 2.12. The van der Waals surface area contributed by atoms with Crippen molar-refractivity contribution in [3.8, 4) is 5.75 Å². The number of aliphatic hydroxyl groups is 1. The number of halogens is 1. The average molecular weight is 292 g/mol. The Morgan fingerprint density at radius 1 is 0.950 bits per heavy atom. The van der Waals surface area contributed by atoms with Gasteiger partial charge in [0.1, 0.15) is 12.4 Å². The molecule has 0 saturated heterocycles. The molecule has 0 fully saturated rings. The second-order valence-corrected chi connectivity index (χ2v) is 4.78. The van der Waals surface area contributed by atoms with Crippen molar-refractivity contribution in [1.29, 1.82) is 0 Å². The fourth-order valence-electron chi connectivity index (χ4n) is 1.92. The molecule has 3 nitrogen and oxygen atoms in total. The summed E-state index contributed by atoms with van der Waals surface area (Å²) in [4.78, 5) is 0. The molecule has 0 aliphatic heterocycles. The molecule has 0 aliphatic rings. The van der Waals surface area contributed by atoms with Gasteiger partial charge in [0.15, 0.2) is 0 Å². The lowest BCUT2D eigenvalue weighted by molar-refractivity contribution is 0.200. The van der Waals surface area contributed by atoms with Crippen LogP contribution < -0.4 is 10.1 Å². The van der Waals surface area contributed by atoms with Gasteiger partial charge in [0.2, 0.25) is 0 Å². The maximum absolute atomic E-state index is 8.82. The van der Waals surface area contributed by atoms with Gasteiger partial charge >= 0.3 is 0 Å². The highest BCUT2D eigenvalue weighted by molar-refractivity contribution is 6.31. The van der Waals surface area contributed by atoms with E-state index in [-0.39, 0.29) is 6.61 Å². The highest BCUT2D eigenvalue weighted by Gasteiger charge is 2.03. The van der Waals surface area contributed by atoms with Crippen LogP contribution in [-0.2, 0) is 13.1 Å². The van der Waals surface area contributed by atoms with Crippen molar-refractivity contribution in [2.75, 3.05) is 13.2 Å². The average Bonchev–Trinajstić information content (AvgIpc) is 2.48. The molecule has 0 radical (unpaired) electrons. The quantitative estimate of drug-likeness (QED) is 0.824. The van der Waals surface area contributed by atoms with Crippen molar-refractivity contribution in [2.24, 2.45) is 0 Å². The third-order valence-corrected chi connectivity index (χ3v) is 3.28. The zero-order valence-electron chi connectivity index (χ0n) is 11.2. The van der Waals surface area contributed by atoms with Gasteiger partial charge in [0.05, 0.1) is 6.61 Å². The number of hydrogen-bond acceptors (Lipinski definition) is 3. The Bertz CT molecular complexity index is 546. The predicted molar refractivity (Wildman–Crippen MR) is 81.0 cm³/mol. The van der Waals surface area contributed by atoms with Crippen molar-refractivity contribution < 1.29 is 9.84 Å². The molecule has 0 atom stereocenters. The van der Waals surface area contributed by atoms with Crippen molar-refractivity contribution >= 4 is 11.6 Å². The first-order valence-corrected chi connectivity index (χ1v) is 6.94. The number of rotatable bonds is 7. The minimum atomic E-state index is 0.0153. The van der Waals surface area contributed by atoms with Crippen LogP contribution in [0.4, 0.5) is 0 Å². The Morgan fingerprint density at radius 3 is 2.35 bits per heavy atom. The molecular weight excluding hydrogens is 274 g/mol. The molecule has 0 saturated carbocycles. The van der Waals surface area contributed by atoms with Crippen molar-refractivity contribution in [2.45, 2.75) is 13.1 Å². The van der Waals surface area contributed by atoms with E-state index in [1.54, 1.807) is 0 Å². The summed E-state index contributed by atoms with van der Waals surface area (Å²) in [5.74, 6) is 0.799. The Labute approximate surface area is 124 Å². The zero-order valence-corrected chi connectivity index (χ0v) is 11.9. The summed E-state index contributed by atoms with van der Waals surface area (Å²) in [7, 11) is 0. The predicted octanol–water partition coefficient (Wildman–Crippen LogP) is 3.00. The largest absolute Gasteiger partial charge is 0.491 e. The van der Waals surface area contributed by atoms with E-state index in [2.05, 4.69) is 5.32 Å². The Morgan fingerprint density at radius 2 is 1.60 bits per heavy atom. The summed E-state index contributed by atoms with van der Waals surface area (Å²) in [5, 5.41) is 12.9. The molecule has 4 heteroatoms. The molecule has 2 aromatic carbocycles. The SMILES string of the molecule is OCCOc1ccccc1CNCc1ccccc1Cl. The van der Waals surface area contributed by atoms with Gasteiger partial charge in [-0.1, -0.05) is 48.0 Å². The molecule has 20 heavy (non-hydrogen) atoms. The number of para-hydroxylation sites is 1. The van der Waals surface area contributed by atoms with Crippen LogP contribution in [0.1, 0.15) is 11.1 Å². The molecule has 0 unspecified atom stereocenters. The standard InChI is InChI=1S/C16H18ClNO2/c17-15-7-3-1-5-13(15)11-18-12-14-6-2-4-8-16(14)20-10-9-19/h1-8,18-19H,9-12H2. The molecular formula is C16H18ClNO2. The minimum Gasteiger partial charge on any atom is -0.491 e. The van der Waals surface area contributed by atoms with E-state index in [9.17, 15) is 0 Å². The summed E-state index contributed by atoms with van der Waals surface area (Å²) < 4.78 is 5.50. The van der Waals surface area contributed by atoms with E-state index in [1.165, 1.54) is 0 Å². The van der Waals surface area contributed by atoms with Gasteiger partial charge in [-0.3, -0.25) is 0 Å². The second-order valence-electron chi connectivity index (χ2n) is 4.37. The molecule has 0 heterocycles. The third-order valence-electron chi connectivity index (χ3n) is 2.91. The van der Waals surface area contributed by atoms with Crippen molar-refractivity contribution in [3.63, 3.8) is 0 Å². The molecule has 2 aromatic rings.